The molecule has 5 rings (SSSR count). The minimum Gasteiger partial charge on any atom is -0.481 e. The minimum atomic E-state index is -1.05. The van der Waals surface area contributed by atoms with Crippen molar-refractivity contribution in [3.05, 3.63) is 28.9 Å². The molecule has 224 valence electrons. The zero-order valence-electron chi connectivity index (χ0n) is 25.0. The first-order valence-electron chi connectivity index (χ1n) is 14.8. The third-order valence-electron chi connectivity index (χ3n) is 11.3. The molecule has 9 nitrogen and oxygen atoms in total. The first kappa shape index (κ1) is 29.7. The van der Waals surface area contributed by atoms with Gasteiger partial charge in [-0.3, -0.25) is 14.4 Å². The zero-order valence-corrected chi connectivity index (χ0v) is 25.0. The zero-order chi connectivity index (χ0) is 29.9. The fourth-order valence-corrected chi connectivity index (χ4v) is 9.44. The van der Waals surface area contributed by atoms with Crippen LogP contribution < -0.4 is 0 Å². The highest BCUT2D eigenvalue weighted by Gasteiger charge is 2.70. The Hall–Kier alpha value is -2.74. The lowest BCUT2D eigenvalue weighted by Crippen LogP contribution is -2.51. The van der Waals surface area contributed by atoms with Crippen LogP contribution in [0, 0.1) is 34.5 Å². The molecule has 2 bridgehead atoms. The van der Waals surface area contributed by atoms with Gasteiger partial charge in [0, 0.05) is 19.1 Å². The summed E-state index contributed by atoms with van der Waals surface area (Å²) in [6, 6.07) is 0. The van der Waals surface area contributed by atoms with Crippen LogP contribution in [0.4, 0.5) is 0 Å². The van der Waals surface area contributed by atoms with Crippen LogP contribution >= 0.6 is 0 Å². The third kappa shape index (κ3) is 4.26. The van der Waals surface area contributed by atoms with Gasteiger partial charge in [-0.25, -0.2) is 4.79 Å². The topological polar surface area (TPSA) is 119 Å². The Morgan fingerprint density at radius 3 is 2.63 bits per heavy atom. The Morgan fingerprint density at radius 2 is 2.00 bits per heavy atom. The number of esters is 1. The minimum absolute atomic E-state index is 0.131. The van der Waals surface area contributed by atoms with Crippen LogP contribution in [0.15, 0.2) is 28.9 Å². The van der Waals surface area contributed by atoms with Gasteiger partial charge in [0.05, 0.1) is 31.1 Å². The van der Waals surface area contributed by atoms with Crippen molar-refractivity contribution in [3.63, 3.8) is 0 Å². The Kier molecular flexibility index (Phi) is 7.63. The van der Waals surface area contributed by atoms with Crippen LogP contribution in [0.2, 0.25) is 0 Å². The Balaban J connectivity index is 1.45. The molecule has 1 N–H and O–H groups in total. The highest BCUT2D eigenvalue weighted by Crippen LogP contribution is 2.62. The van der Waals surface area contributed by atoms with Crippen LogP contribution in [0.1, 0.15) is 72.6 Å². The number of aliphatic carboxylic acids is 1. The smallest absolute Gasteiger partial charge is 0.311 e. The van der Waals surface area contributed by atoms with E-state index >= 15 is 0 Å². The lowest BCUT2D eigenvalue weighted by Gasteiger charge is -2.55. The maximum Gasteiger partial charge on any atom is 0.311 e. The van der Waals surface area contributed by atoms with E-state index in [2.05, 4.69) is 20.8 Å². The third-order valence-corrected chi connectivity index (χ3v) is 11.3. The number of allylic oxidation sites excluding steroid dienone is 2. The second kappa shape index (κ2) is 10.5. The van der Waals surface area contributed by atoms with Crippen molar-refractivity contribution in [3.8, 4) is 0 Å². The molecule has 3 aliphatic heterocycles. The number of carbonyl (C=O) groups excluding carboxylic acids is 3. The van der Waals surface area contributed by atoms with Crippen LogP contribution in [0.25, 0.3) is 0 Å². The van der Waals surface area contributed by atoms with E-state index in [9.17, 15) is 24.3 Å². The predicted octanol–water partition coefficient (Wildman–Crippen LogP) is 4.10. The average Bonchev–Trinajstić information content (AvgIpc) is 3.53. The molecule has 1 saturated carbocycles. The van der Waals surface area contributed by atoms with Gasteiger partial charge in [0.1, 0.15) is 23.7 Å². The number of carbonyl (C=O) groups is 3. The second-order valence-corrected chi connectivity index (χ2v) is 13.3. The van der Waals surface area contributed by atoms with Gasteiger partial charge in [-0.2, -0.15) is 0 Å². The number of carboxylic acid groups (broad SMARTS) is 1. The fraction of sp³-hybridized carbons (Fsp3) is 0.719. The van der Waals surface area contributed by atoms with E-state index in [1.54, 1.807) is 17.8 Å². The number of carboxylic acids is 1. The van der Waals surface area contributed by atoms with Gasteiger partial charge >= 0.3 is 11.9 Å². The lowest BCUT2D eigenvalue weighted by molar-refractivity contribution is -0.163. The summed E-state index contributed by atoms with van der Waals surface area (Å²) in [5.41, 5.74) is 1.99. The van der Waals surface area contributed by atoms with Crippen molar-refractivity contribution in [1.29, 1.82) is 0 Å². The molecule has 0 aromatic heterocycles. The van der Waals surface area contributed by atoms with Crippen molar-refractivity contribution in [2.24, 2.45) is 34.5 Å². The molecule has 2 unspecified atom stereocenters. The van der Waals surface area contributed by atoms with Gasteiger partial charge in [0.15, 0.2) is 0 Å². The molecule has 1 spiro atoms. The summed E-state index contributed by atoms with van der Waals surface area (Å²) in [5, 5.41) is 10.1. The number of nitrogens with zero attached hydrogens (tertiary/aromatic N) is 1. The number of likely N-dealkylation sites (tertiary alicyclic amines) is 1. The van der Waals surface area contributed by atoms with Crippen molar-refractivity contribution < 1.29 is 38.5 Å². The van der Waals surface area contributed by atoms with Gasteiger partial charge < -0.3 is 24.2 Å². The van der Waals surface area contributed by atoms with Gasteiger partial charge in [0.2, 0.25) is 5.91 Å². The van der Waals surface area contributed by atoms with Crippen molar-refractivity contribution in [2.45, 2.75) is 90.6 Å². The molecule has 41 heavy (non-hydrogen) atoms. The Morgan fingerprint density at radius 1 is 1.27 bits per heavy atom. The Labute approximate surface area is 241 Å². The SMILES string of the molecule is COC(=O)[C@@]1(C)CCC[C@]2(C)C(CCC3=C[C@@H]4O[C@]35CN(C(OC)C(C)C=C=O)C(=O)[C@@H]5[C@@H]4C(=O)O)=C(C)CC[C@@H]12. The molecule has 3 heterocycles. The molecular formula is C32H43NO8. The molecule has 0 aromatic carbocycles. The van der Waals surface area contributed by atoms with E-state index < -0.39 is 47.1 Å². The molecular weight excluding hydrogens is 526 g/mol. The van der Waals surface area contributed by atoms with Crippen LogP contribution in [0.3, 0.4) is 0 Å². The maximum absolute atomic E-state index is 13.8. The van der Waals surface area contributed by atoms with E-state index in [1.807, 2.05) is 6.08 Å². The number of hydrogen-bond donors (Lipinski definition) is 1. The fourth-order valence-electron chi connectivity index (χ4n) is 9.44. The number of hydrogen-bond acceptors (Lipinski definition) is 7. The average molecular weight is 570 g/mol. The normalized spacial score (nSPS) is 39.0. The number of ether oxygens (including phenoxy) is 3. The van der Waals surface area contributed by atoms with Crippen molar-refractivity contribution >= 4 is 23.8 Å². The summed E-state index contributed by atoms with van der Waals surface area (Å²) in [6.45, 7) is 8.50. The summed E-state index contributed by atoms with van der Waals surface area (Å²) >= 11 is 0. The number of amides is 1. The van der Waals surface area contributed by atoms with E-state index in [4.69, 9.17) is 14.2 Å². The highest BCUT2D eigenvalue weighted by atomic mass is 16.5. The van der Waals surface area contributed by atoms with Gasteiger partial charge in [-0.1, -0.05) is 37.5 Å². The first-order valence-corrected chi connectivity index (χ1v) is 14.8. The molecule has 0 aromatic rings. The second-order valence-electron chi connectivity index (χ2n) is 13.3. The summed E-state index contributed by atoms with van der Waals surface area (Å²) in [6.07, 6.45) is 7.93. The van der Waals surface area contributed by atoms with Gasteiger partial charge in [-0.05, 0) is 69.3 Å². The summed E-state index contributed by atoms with van der Waals surface area (Å²) in [7, 11) is 2.95. The molecule has 2 aliphatic carbocycles. The van der Waals surface area contributed by atoms with Crippen molar-refractivity contribution in [1.82, 2.24) is 4.90 Å². The number of rotatable bonds is 9. The van der Waals surface area contributed by atoms with Gasteiger partial charge in [-0.15, -0.1) is 0 Å². The molecule has 9 heteroatoms. The Bertz CT molecular complexity index is 1250. The lowest BCUT2D eigenvalue weighted by atomic mass is 9.49. The van der Waals surface area contributed by atoms with E-state index in [0.29, 0.717) is 6.42 Å². The first-order chi connectivity index (χ1) is 19.4. The van der Waals surface area contributed by atoms with E-state index in [-0.39, 0.29) is 29.8 Å². The van der Waals surface area contributed by atoms with Crippen LogP contribution in [0.5, 0.6) is 0 Å². The quantitative estimate of drug-likeness (QED) is 0.251. The van der Waals surface area contributed by atoms with E-state index in [1.165, 1.54) is 31.4 Å². The highest BCUT2D eigenvalue weighted by molar-refractivity contribution is 5.91. The van der Waals surface area contributed by atoms with Gasteiger partial charge in [0.25, 0.3) is 0 Å². The van der Waals surface area contributed by atoms with Crippen LogP contribution in [-0.4, -0.2) is 72.5 Å². The molecule has 9 atom stereocenters. The maximum atomic E-state index is 13.8. The molecule has 1 amide bonds. The molecule has 5 aliphatic rings. The van der Waals surface area contributed by atoms with E-state index in [0.717, 1.165) is 44.1 Å². The summed E-state index contributed by atoms with van der Waals surface area (Å²) in [5.74, 6) is -1.78. The molecule has 2 saturated heterocycles. The molecule has 0 radical (unpaired) electrons. The van der Waals surface area contributed by atoms with Crippen LogP contribution in [-0.2, 0) is 33.4 Å². The van der Waals surface area contributed by atoms with Crippen molar-refractivity contribution in [2.75, 3.05) is 20.8 Å². The molecule has 3 fully saturated rings. The summed E-state index contributed by atoms with van der Waals surface area (Å²) < 4.78 is 17.3. The monoisotopic (exact) mass is 569 g/mol. The summed E-state index contributed by atoms with van der Waals surface area (Å²) in [4.78, 5) is 51.7. The number of methoxy groups -OCH3 is 2. The largest absolute Gasteiger partial charge is 0.481 e. The standard InChI is InChI=1S/C32H43NO8/c1-18-8-11-23-30(3,13-7-14-31(23,4)29(38)40-6)21(18)10-9-20-16-22-24(28(36)37)25-26(35)33(17-32(20,25)41-22)27(39-5)19(2)12-15-34/h12,16,19,22-25,27H,7-11,13-14,17H2,1-6H3,(H,36,37)/t19?,22-,23+,24+,25-,27?,30+,31-,32+/m0/s1. The number of fused-ring (bicyclic) bond motifs is 2. The predicted molar refractivity (Wildman–Crippen MR) is 149 cm³/mol.